The van der Waals surface area contributed by atoms with E-state index in [0.717, 1.165) is 112 Å². The molecule has 0 radical (unpaired) electrons. The summed E-state index contributed by atoms with van der Waals surface area (Å²) in [6, 6.07) is 49.3. The number of hydrogen-bond donors (Lipinski definition) is 0. The van der Waals surface area contributed by atoms with E-state index in [1.165, 1.54) is 44.5 Å². The minimum Gasteiger partial charge on any atom is -0.657 e. The Labute approximate surface area is 629 Å². The Balaban J connectivity index is 1.14. The predicted molar refractivity (Wildman–Crippen MR) is 451 cm³/mol. The van der Waals surface area contributed by atoms with Gasteiger partial charge in [-0.25, -0.2) is 19.9 Å². The van der Waals surface area contributed by atoms with Crippen molar-refractivity contribution in [2.75, 3.05) is 0 Å². The highest BCUT2D eigenvalue weighted by Crippen LogP contribution is 2.44. The molecule has 0 aliphatic carbocycles. The molecule has 538 valence electrons. The molecule has 6 aromatic heterocycles. The summed E-state index contributed by atoms with van der Waals surface area (Å²) in [6.07, 6.45) is 16.9. The molecule has 0 saturated carbocycles. The van der Waals surface area contributed by atoms with Crippen molar-refractivity contribution in [2.45, 2.75) is 209 Å². The lowest BCUT2D eigenvalue weighted by Gasteiger charge is -2.27. The molecule has 14 rings (SSSR count). The van der Waals surface area contributed by atoms with Gasteiger partial charge in [-0.15, -0.1) is 44.1 Å². The molecule has 4 aliphatic heterocycles. The first-order chi connectivity index (χ1) is 49.5. The predicted octanol–water partition coefficient (Wildman–Crippen LogP) is 24.6. The lowest BCUT2D eigenvalue weighted by atomic mass is 9.78. The molecule has 8 nitrogen and oxygen atoms in total. The van der Waals surface area contributed by atoms with Crippen LogP contribution in [0.4, 0.5) is 0 Å². The molecular formula is C98H102N8-4. The Morgan fingerprint density at radius 2 is 0.434 bits per heavy atom. The second-order valence-corrected chi connectivity index (χ2v) is 37.9. The van der Waals surface area contributed by atoms with Crippen LogP contribution >= 0.6 is 0 Å². The van der Waals surface area contributed by atoms with Gasteiger partial charge in [0.2, 0.25) is 0 Å². The summed E-state index contributed by atoms with van der Waals surface area (Å²) in [4.78, 5) is 44.9. The maximum atomic E-state index is 5.76. The molecule has 10 aromatic rings. The molecule has 4 aliphatic rings. The zero-order valence-corrected chi connectivity index (χ0v) is 66.9. The number of fused-ring (bicyclic) bond motifs is 16. The van der Waals surface area contributed by atoms with Crippen molar-refractivity contribution in [2.24, 2.45) is 0 Å². The van der Waals surface area contributed by atoms with E-state index in [1.807, 2.05) is 0 Å². The van der Waals surface area contributed by atoms with Gasteiger partial charge in [-0.05, 0) is 181 Å². The summed E-state index contributed by atoms with van der Waals surface area (Å²) < 4.78 is 0. The zero-order chi connectivity index (χ0) is 75.9. The summed E-state index contributed by atoms with van der Waals surface area (Å²) in [5.74, 6) is 7.74. The van der Waals surface area contributed by atoms with Gasteiger partial charge in [-0.2, -0.15) is 0 Å². The van der Waals surface area contributed by atoms with Gasteiger partial charge in [-0.1, -0.05) is 311 Å². The van der Waals surface area contributed by atoms with Crippen molar-refractivity contribution in [3.05, 3.63) is 235 Å². The fourth-order valence-corrected chi connectivity index (χ4v) is 14.2. The Hall–Kier alpha value is -10.4. The highest BCUT2D eigenvalue weighted by Gasteiger charge is 2.28. The summed E-state index contributed by atoms with van der Waals surface area (Å²) in [5.41, 5.74) is 30.0. The van der Waals surface area contributed by atoms with Gasteiger partial charge in [-0.3, -0.25) is 0 Å². The molecule has 106 heavy (non-hydrogen) atoms. The van der Waals surface area contributed by atoms with E-state index in [4.69, 9.17) is 39.9 Å². The topological polar surface area (TPSA) is 108 Å². The third-order valence-electron chi connectivity index (χ3n) is 21.0. The van der Waals surface area contributed by atoms with Crippen LogP contribution in [-0.2, 0) is 43.3 Å². The Bertz CT molecular complexity index is 5210. The van der Waals surface area contributed by atoms with Crippen molar-refractivity contribution in [1.82, 2.24) is 39.9 Å². The van der Waals surface area contributed by atoms with Gasteiger partial charge < -0.3 is 19.9 Å². The number of aromatic nitrogens is 8. The van der Waals surface area contributed by atoms with Crippen molar-refractivity contribution < 1.29 is 0 Å². The smallest absolute Gasteiger partial charge is 0.0782 e. The van der Waals surface area contributed by atoms with Crippen LogP contribution in [0, 0.1) is 11.8 Å². The van der Waals surface area contributed by atoms with Crippen LogP contribution in [-0.4, -0.2) is 19.9 Å². The van der Waals surface area contributed by atoms with Gasteiger partial charge in [0.05, 0.1) is 45.6 Å². The van der Waals surface area contributed by atoms with Crippen molar-refractivity contribution in [3.63, 3.8) is 0 Å². The van der Waals surface area contributed by atoms with Crippen molar-refractivity contribution >= 4 is 92.7 Å². The average Bonchev–Trinajstić information content (AvgIpc) is 1.50. The average molecular weight is 1390 g/mol. The van der Waals surface area contributed by atoms with E-state index >= 15 is 0 Å². The van der Waals surface area contributed by atoms with E-state index in [2.05, 4.69) is 360 Å². The molecule has 8 heteroatoms. The van der Waals surface area contributed by atoms with Crippen LogP contribution in [0.5, 0.6) is 0 Å². The van der Waals surface area contributed by atoms with Crippen LogP contribution < -0.4 is 19.9 Å². The fourth-order valence-electron chi connectivity index (χ4n) is 14.2. The largest absolute Gasteiger partial charge is 0.657 e. The third-order valence-corrected chi connectivity index (χ3v) is 21.0. The van der Waals surface area contributed by atoms with Gasteiger partial charge in [0.1, 0.15) is 0 Å². The fraction of sp³-hybridized carbons (Fsp3) is 0.327. The minimum absolute atomic E-state index is 0.155. The molecule has 0 N–H and O–H groups in total. The van der Waals surface area contributed by atoms with E-state index in [9.17, 15) is 0 Å². The molecule has 0 saturated heterocycles. The Kier molecular flexibility index (Phi) is 17.6. The highest BCUT2D eigenvalue weighted by molar-refractivity contribution is 5.98. The number of hydrogen-bond acceptors (Lipinski definition) is 4. The molecule has 0 atom stereocenters. The maximum absolute atomic E-state index is 5.76. The molecule has 0 spiro atoms. The molecule has 0 amide bonds. The standard InChI is InChI=1S/C98H102N8/c1-91(2,3)61-43-57(44-62(51-61)92(4,5)6)87-79-31-25-69(99-79)55-70-26-32-80(100-70)88(58-45-63(93(7,8)9)52-64(46-58)94(10,11)12)84-40-36-76(104-84)73(75-35-39-83(87)103-75)29-30-74-77-37-41-85(105-77)89(59-47-65(95(13,14)15)53-66(48-59)96(16,17)18)81-33-27-71(101-81)56-72-28-34-82(102-72)90(86-42-38-78(74)106-86)60-49-67(97(19,20)21)54-68(50-60)98(22,23)24/h25-28,31-56H,1-24H3/q-4. The minimum atomic E-state index is -0.155. The molecule has 0 unspecified atom stereocenters. The first-order valence-corrected chi connectivity index (χ1v) is 37.7. The van der Waals surface area contributed by atoms with Crippen LogP contribution in [0.25, 0.3) is 137 Å². The lowest BCUT2D eigenvalue weighted by molar-refractivity contribution is 0.568. The lowest BCUT2D eigenvalue weighted by Crippen LogP contribution is -2.16. The van der Waals surface area contributed by atoms with Gasteiger partial charge >= 0.3 is 0 Å². The van der Waals surface area contributed by atoms with Gasteiger partial charge in [0.25, 0.3) is 0 Å². The summed E-state index contributed by atoms with van der Waals surface area (Å²) >= 11 is 0. The first-order valence-electron chi connectivity index (χ1n) is 37.7. The van der Waals surface area contributed by atoms with Gasteiger partial charge in [0, 0.05) is 11.1 Å². The monoisotopic (exact) mass is 1390 g/mol. The number of rotatable bonds is 4. The summed E-state index contributed by atoms with van der Waals surface area (Å²) in [6.45, 7) is 54.8. The number of nitrogens with zero attached hydrogens (tertiary/aromatic N) is 8. The Morgan fingerprint density at radius 1 is 0.217 bits per heavy atom. The van der Waals surface area contributed by atoms with Crippen LogP contribution in [0.3, 0.4) is 0 Å². The van der Waals surface area contributed by atoms with Crippen molar-refractivity contribution in [3.8, 4) is 56.3 Å². The van der Waals surface area contributed by atoms with Crippen LogP contribution in [0.1, 0.15) is 267 Å². The first kappa shape index (κ1) is 72.6. The second kappa shape index (κ2) is 25.7. The van der Waals surface area contributed by atoms with Crippen molar-refractivity contribution in [1.29, 1.82) is 0 Å². The van der Waals surface area contributed by atoms with Crippen LogP contribution in [0.2, 0.25) is 0 Å². The number of benzene rings is 4. The highest BCUT2D eigenvalue weighted by atomic mass is 14.8. The van der Waals surface area contributed by atoms with Gasteiger partial charge in [0.15, 0.2) is 0 Å². The maximum Gasteiger partial charge on any atom is 0.0782 e. The molecular weight excluding hydrogens is 1290 g/mol. The molecule has 10 heterocycles. The van der Waals surface area contributed by atoms with E-state index in [0.29, 0.717) is 33.5 Å². The van der Waals surface area contributed by atoms with Crippen LogP contribution in [0.15, 0.2) is 133 Å². The molecule has 16 bridgehead atoms. The molecule has 0 fully saturated rings. The normalized spacial score (nSPS) is 13.6. The van der Waals surface area contributed by atoms with E-state index in [-0.39, 0.29) is 43.3 Å². The Morgan fingerprint density at radius 3 is 0.698 bits per heavy atom. The summed E-state index contributed by atoms with van der Waals surface area (Å²) in [7, 11) is 0. The molecule has 4 aromatic carbocycles. The quantitative estimate of drug-likeness (QED) is 0.160. The summed E-state index contributed by atoms with van der Waals surface area (Å²) in [5, 5.41) is 0. The third kappa shape index (κ3) is 14.6. The van der Waals surface area contributed by atoms with E-state index < -0.39 is 0 Å². The SMILES string of the molecule is CC(C)(C)c1cc(-c2c3nc(c(C#Cc4c5nc(c(-c6cc(C(C)(C)C)cc(C(C)(C)C)c6)c6ccc(cc7nc(c(-c8cc(C(C)(C)C)cc(C(C)(C)C)c8)c8ccc4[n-]8)C=C7)[n-]6)C=C5)c4ccc([n-]4)c(-c4cc(C(C)(C)C)cc(C(C)(C)C)c4)c4nc(cc5ccc2[n-]5)C=C4)C=C3)cc(C(C)(C)C)c1. The van der Waals surface area contributed by atoms with E-state index in [1.54, 1.807) is 0 Å². The zero-order valence-electron chi connectivity index (χ0n) is 66.9. The second-order valence-electron chi connectivity index (χ2n) is 37.9.